The molecule has 2 heterocycles. The van der Waals surface area contributed by atoms with Crippen LogP contribution < -0.4 is 5.32 Å². The molecule has 0 bridgehead atoms. The van der Waals surface area contributed by atoms with Crippen molar-refractivity contribution in [3.63, 3.8) is 0 Å². The van der Waals surface area contributed by atoms with E-state index in [0.29, 0.717) is 27.5 Å². The minimum atomic E-state index is -0.526. The Kier molecular flexibility index (Phi) is 5.70. The van der Waals surface area contributed by atoms with Gasteiger partial charge in [0.2, 0.25) is 0 Å². The molecule has 3 aromatic rings. The second-order valence-corrected chi connectivity index (χ2v) is 7.52. The number of nitro groups is 1. The number of nitrogens with zero attached hydrogens (tertiary/aromatic N) is 3. The fraction of sp³-hybridized carbons (Fsp3) is 0.0870. The number of rotatable bonds is 6. The molecular formula is C23H17ClN4O4. The Labute approximate surface area is 188 Å². The van der Waals surface area contributed by atoms with E-state index in [4.69, 9.17) is 11.6 Å². The smallest absolute Gasteiger partial charge is 0.278 e. The molecule has 0 spiro atoms. The van der Waals surface area contributed by atoms with E-state index >= 15 is 0 Å². The van der Waals surface area contributed by atoms with Gasteiger partial charge in [-0.05, 0) is 54.4 Å². The summed E-state index contributed by atoms with van der Waals surface area (Å²) < 4.78 is 0. The van der Waals surface area contributed by atoms with Gasteiger partial charge in [-0.2, -0.15) is 0 Å². The maximum absolute atomic E-state index is 13.3. The topological polar surface area (TPSA) is 105 Å². The number of nitrogens with one attached hydrogen (secondary N) is 1. The molecule has 4 rings (SSSR count). The Balaban J connectivity index is 1.78. The molecule has 0 saturated carbocycles. The van der Waals surface area contributed by atoms with Gasteiger partial charge in [-0.25, -0.2) is 0 Å². The van der Waals surface area contributed by atoms with Gasteiger partial charge in [0.15, 0.2) is 0 Å². The predicted molar refractivity (Wildman–Crippen MR) is 120 cm³/mol. The van der Waals surface area contributed by atoms with Gasteiger partial charge in [-0.15, -0.1) is 0 Å². The number of hydrogen-bond acceptors (Lipinski definition) is 6. The third-order valence-corrected chi connectivity index (χ3v) is 5.52. The minimum Gasteiger partial charge on any atom is -0.350 e. The molecule has 1 N–H and O–H groups in total. The van der Waals surface area contributed by atoms with Crippen LogP contribution in [0, 0.1) is 17.0 Å². The Morgan fingerprint density at radius 2 is 1.78 bits per heavy atom. The van der Waals surface area contributed by atoms with Crippen molar-refractivity contribution in [2.24, 2.45) is 0 Å². The second kappa shape index (κ2) is 8.60. The van der Waals surface area contributed by atoms with Crippen molar-refractivity contribution in [2.75, 3.05) is 5.32 Å². The first kappa shape index (κ1) is 21.2. The van der Waals surface area contributed by atoms with Gasteiger partial charge in [0, 0.05) is 29.0 Å². The van der Waals surface area contributed by atoms with Crippen LogP contribution in [0.3, 0.4) is 0 Å². The van der Waals surface area contributed by atoms with Gasteiger partial charge in [0.1, 0.15) is 5.70 Å². The number of halogens is 1. The number of nitro benzene ring substituents is 1. The summed E-state index contributed by atoms with van der Waals surface area (Å²) in [7, 11) is 0. The van der Waals surface area contributed by atoms with Crippen LogP contribution in [-0.2, 0) is 16.1 Å². The summed E-state index contributed by atoms with van der Waals surface area (Å²) in [5.74, 6) is -1.04. The van der Waals surface area contributed by atoms with Crippen molar-refractivity contribution in [1.82, 2.24) is 9.88 Å². The maximum atomic E-state index is 13.3. The van der Waals surface area contributed by atoms with Gasteiger partial charge in [-0.3, -0.25) is 29.6 Å². The molecule has 0 unspecified atom stereocenters. The standard InChI is InChI=1S/C23H17ClN4O4/c1-14-18(24)6-4-7-19(14)26-21-20(15-8-10-17(11-9-15)28(31)32)22(29)27(23(21)30)13-16-5-2-3-12-25-16/h2-12,26H,13H2,1H3. The highest BCUT2D eigenvalue weighted by atomic mass is 35.5. The van der Waals surface area contributed by atoms with Crippen LogP contribution in [-0.4, -0.2) is 26.6 Å². The zero-order valence-corrected chi connectivity index (χ0v) is 17.7. The van der Waals surface area contributed by atoms with Crippen LogP contribution in [0.25, 0.3) is 5.57 Å². The Morgan fingerprint density at radius 1 is 1.03 bits per heavy atom. The molecule has 0 radical (unpaired) electrons. The zero-order chi connectivity index (χ0) is 22.8. The van der Waals surface area contributed by atoms with Gasteiger partial charge >= 0.3 is 0 Å². The molecule has 0 fully saturated rings. The highest BCUT2D eigenvalue weighted by Gasteiger charge is 2.39. The van der Waals surface area contributed by atoms with E-state index in [-0.39, 0.29) is 23.5 Å². The number of hydrogen-bond donors (Lipinski definition) is 1. The molecule has 0 saturated heterocycles. The third kappa shape index (κ3) is 3.95. The van der Waals surface area contributed by atoms with Crippen LogP contribution in [0.15, 0.2) is 72.6 Å². The SMILES string of the molecule is Cc1c(Cl)cccc1NC1=C(c2ccc([N+](=O)[O-])cc2)C(=O)N(Cc2ccccn2)C1=O. The molecule has 2 amide bonds. The van der Waals surface area contributed by atoms with Gasteiger partial charge in [0.25, 0.3) is 17.5 Å². The van der Waals surface area contributed by atoms with E-state index in [0.717, 1.165) is 4.90 Å². The number of amides is 2. The number of imide groups is 1. The molecule has 1 aliphatic rings. The number of pyridine rings is 1. The van der Waals surface area contributed by atoms with Gasteiger partial charge in [0.05, 0.1) is 22.7 Å². The van der Waals surface area contributed by atoms with Crippen molar-refractivity contribution >= 4 is 40.4 Å². The maximum Gasteiger partial charge on any atom is 0.278 e. The highest BCUT2D eigenvalue weighted by molar-refractivity contribution is 6.36. The molecule has 160 valence electrons. The molecule has 0 aliphatic carbocycles. The summed E-state index contributed by atoms with van der Waals surface area (Å²) in [6.45, 7) is 1.79. The molecule has 9 heteroatoms. The van der Waals surface area contributed by atoms with Crippen LogP contribution in [0.5, 0.6) is 0 Å². The summed E-state index contributed by atoms with van der Waals surface area (Å²) in [5.41, 5.74) is 2.32. The van der Waals surface area contributed by atoms with E-state index in [9.17, 15) is 19.7 Å². The van der Waals surface area contributed by atoms with Crippen LogP contribution in [0.2, 0.25) is 5.02 Å². The van der Waals surface area contributed by atoms with Gasteiger partial charge in [-0.1, -0.05) is 23.7 Å². The lowest BCUT2D eigenvalue weighted by Crippen LogP contribution is -2.32. The first-order valence-corrected chi connectivity index (χ1v) is 10.0. The van der Waals surface area contributed by atoms with Crippen LogP contribution >= 0.6 is 11.6 Å². The van der Waals surface area contributed by atoms with Gasteiger partial charge < -0.3 is 5.32 Å². The minimum absolute atomic E-state index is 0.00526. The van der Waals surface area contributed by atoms with E-state index in [1.807, 2.05) is 0 Å². The number of benzene rings is 2. The molecule has 8 nitrogen and oxygen atoms in total. The van der Waals surface area contributed by atoms with E-state index in [1.165, 1.54) is 24.3 Å². The molecule has 32 heavy (non-hydrogen) atoms. The first-order valence-electron chi connectivity index (χ1n) is 9.64. The summed E-state index contributed by atoms with van der Waals surface area (Å²) in [6, 6.07) is 15.9. The number of non-ortho nitro benzene ring substituents is 1. The lowest BCUT2D eigenvalue weighted by Gasteiger charge is -2.15. The fourth-order valence-electron chi connectivity index (χ4n) is 3.38. The van der Waals surface area contributed by atoms with Crippen LogP contribution in [0.1, 0.15) is 16.8 Å². The lowest BCUT2D eigenvalue weighted by atomic mass is 10.0. The van der Waals surface area contributed by atoms with Crippen molar-refractivity contribution in [3.05, 3.63) is 105 Å². The van der Waals surface area contributed by atoms with Crippen molar-refractivity contribution < 1.29 is 14.5 Å². The lowest BCUT2D eigenvalue weighted by molar-refractivity contribution is -0.384. The zero-order valence-electron chi connectivity index (χ0n) is 16.9. The number of aromatic nitrogens is 1. The quantitative estimate of drug-likeness (QED) is 0.341. The first-order chi connectivity index (χ1) is 15.4. The second-order valence-electron chi connectivity index (χ2n) is 7.11. The third-order valence-electron chi connectivity index (χ3n) is 5.11. The highest BCUT2D eigenvalue weighted by Crippen LogP contribution is 2.33. The summed E-state index contributed by atoms with van der Waals surface area (Å²) in [4.78, 5) is 42.4. The molecule has 0 atom stereocenters. The Hall–Kier alpha value is -4.04. The molecular weight excluding hydrogens is 432 g/mol. The molecule has 1 aliphatic heterocycles. The largest absolute Gasteiger partial charge is 0.350 e. The van der Waals surface area contributed by atoms with Crippen molar-refractivity contribution in [2.45, 2.75) is 13.5 Å². The van der Waals surface area contributed by atoms with Crippen molar-refractivity contribution in [1.29, 1.82) is 0 Å². The molecule has 2 aromatic carbocycles. The Morgan fingerprint density at radius 3 is 2.44 bits per heavy atom. The number of carbonyl (C=O) groups excluding carboxylic acids is 2. The van der Waals surface area contributed by atoms with E-state index in [2.05, 4.69) is 10.3 Å². The average molecular weight is 449 g/mol. The van der Waals surface area contributed by atoms with E-state index in [1.54, 1.807) is 49.5 Å². The fourth-order valence-corrected chi connectivity index (χ4v) is 3.56. The monoisotopic (exact) mass is 448 g/mol. The summed E-state index contributed by atoms with van der Waals surface area (Å²) in [5, 5.41) is 14.6. The van der Waals surface area contributed by atoms with Crippen molar-refractivity contribution in [3.8, 4) is 0 Å². The number of carbonyl (C=O) groups is 2. The average Bonchev–Trinajstić information content (AvgIpc) is 3.02. The Bertz CT molecular complexity index is 1260. The number of anilines is 1. The summed E-state index contributed by atoms with van der Waals surface area (Å²) >= 11 is 6.21. The predicted octanol–water partition coefficient (Wildman–Crippen LogP) is 4.34. The normalized spacial score (nSPS) is 13.6. The molecule has 1 aromatic heterocycles. The van der Waals surface area contributed by atoms with Crippen LogP contribution in [0.4, 0.5) is 11.4 Å². The van der Waals surface area contributed by atoms with E-state index < -0.39 is 16.7 Å². The summed E-state index contributed by atoms with van der Waals surface area (Å²) in [6.07, 6.45) is 1.58.